The molecule has 5 heteroatoms. The second-order valence-corrected chi connectivity index (χ2v) is 3.91. The predicted octanol–water partition coefficient (Wildman–Crippen LogP) is 1.89. The second kappa shape index (κ2) is 4.32. The topological polar surface area (TPSA) is 59.2 Å². The first-order chi connectivity index (χ1) is 7.72. The van der Waals surface area contributed by atoms with Gasteiger partial charge in [0.1, 0.15) is 5.56 Å². The van der Waals surface area contributed by atoms with Crippen LogP contribution < -0.4 is 5.43 Å². The van der Waals surface area contributed by atoms with Crippen molar-refractivity contribution in [3.8, 4) is 11.3 Å². The molecular formula is C11H9NO3S. The van der Waals surface area contributed by atoms with Crippen molar-refractivity contribution in [3.63, 3.8) is 0 Å². The Morgan fingerprint density at radius 2 is 2.31 bits per heavy atom. The highest BCUT2D eigenvalue weighted by Gasteiger charge is 2.11. The highest BCUT2D eigenvalue weighted by molar-refractivity contribution is 7.08. The molecule has 0 aromatic carbocycles. The number of carbonyl (C=O) groups is 1. The monoisotopic (exact) mass is 235 g/mol. The van der Waals surface area contributed by atoms with Crippen molar-refractivity contribution in [3.05, 3.63) is 44.9 Å². The van der Waals surface area contributed by atoms with Crippen molar-refractivity contribution >= 4 is 17.3 Å². The molecule has 4 nitrogen and oxygen atoms in total. The number of ether oxygens (including phenoxy) is 1. The maximum Gasteiger partial charge on any atom is 0.343 e. The van der Waals surface area contributed by atoms with Gasteiger partial charge in [0.15, 0.2) is 5.43 Å². The molecule has 0 bridgehead atoms. The third-order valence-electron chi connectivity index (χ3n) is 2.15. The smallest absolute Gasteiger partial charge is 0.343 e. The van der Waals surface area contributed by atoms with Gasteiger partial charge in [-0.15, -0.1) is 0 Å². The molecule has 0 aliphatic carbocycles. The van der Waals surface area contributed by atoms with Crippen molar-refractivity contribution in [2.75, 3.05) is 7.11 Å². The third-order valence-corrected chi connectivity index (χ3v) is 2.83. The number of hydrogen-bond acceptors (Lipinski definition) is 4. The predicted molar refractivity (Wildman–Crippen MR) is 61.7 cm³/mol. The van der Waals surface area contributed by atoms with Gasteiger partial charge in [-0.2, -0.15) is 11.3 Å². The summed E-state index contributed by atoms with van der Waals surface area (Å²) in [5.74, 6) is -0.627. The van der Waals surface area contributed by atoms with Gasteiger partial charge >= 0.3 is 5.97 Å². The second-order valence-electron chi connectivity index (χ2n) is 3.13. The Morgan fingerprint density at radius 1 is 1.50 bits per heavy atom. The molecule has 2 aromatic heterocycles. The molecule has 0 atom stereocenters. The number of nitrogens with one attached hydrogen (secondary N) is 1. The van der Waals surface area contributed by atoms with E-state index in [9.17, 15) is 9.59 Å². The molecule has 0 saturated heterocycles. The molecule has 2 rings (SSSR count). The van der Waals surface area contributed by atoms with Crippen molar-refractivity contribution in [2.45, 2.75) is 0 Å². The van der Waals surface area contributed by atoms with Crippen LogP contribution in [-0.2, 0) is 4.74 Å². The van der Waals surface area contributed by atoms with Crippen molar-refractivity contribution in [1.29, 1.82) is 0 Å². The van der Waals surface area contributed by atoms with Crippen LogP contribution >= 0.6 is 11.3 Å². The van der Waals surface area contributed by atoms with Crippen LogP contribution in [-0.4, -0.2) is 18.1 Å². The van der Waals surface area contributed by atoms with Crippen molar-refractivity contribution in [2.24, 2.45) is 0 Å². The first-order valence-electron chi connectivity index (χ1n) is 4.56. The molecule has 2 aromatic rings. The molecule has 2 heterocycles. The van der Waals surface area contributed by atoms with Gasteiger partial charge in [-0.25, -0.2) is 4.79 Å². The zero-order chi connectivity index (χ0) is 11.5. The number of pyridine rings is 1. The number of methoxy groups -OCH3 is 1. The summed E-state index contributed by atoms with van der Waals surface area (Å²) < 4.78 is 4.49. The van der Waals surface area contributed by atoms with Crippen LogP contribution in [0.15, 0.2) is 33.9 Å². The lowest BCUT2D eigenvalue weighted by Gasteiger charge is -2.00. The van der Waals surface area contributed by atoms with Gasteiger partial charge in [-0.3, -0.25) is 4.79 Å². The molecule has 0 radical (unpaired) electrons. The molecule has 0 unspecified atom stereocenters. The van der Waals surface area contributed by atoms with E-state index in [2.05, 4.69) is 9.72 Å². The van der Waals surface area contributed by atoms with Gasteiger partial charge in [-0.1, -0.05) is 0 Å². The molecule has 0 aliphatic heterocycles. The minimum atomic E-state index is -0.627. The highest BCUT2D eigenvalue weighted by Crippen LogP contribution is 2.18. The maximum absolute atomic E-state index is 11.6. The van der Waals surface area contributed by atoms with E-state index in [1.807, 2.05) is 16.8 Å². The molecular weight excluding hydrogens is 226 g/mol. The molecule has 1 N–H and O–H groups in total. The Bertz CT molecular complexity index is 557. The lowest BCUT2D eigenvalue weighted by molar-refractivity contribution is 0.0599. The Balaban J connectivity index is 2.45. The average molecular weight is 235 g/mol. The van der Waals surface area contributed by atoms with Crippen LogP contribution in [0.25, 0.3) is 11.3 Å². The van der Waals surface area contributed by atoms with E-state index < -0.39 is 5.97 Å². The summed E-state index contributed by atoms with van der Waals surface area (Å²) in [6.07, 6.45) is 1.38. The fourth-order valence-electron chi connectivity index (χ4n) is 1.33. The maximum atomic E-state index is 11.6. The van der Waals surface area contributed by atoms with E-state index in [4.69, 9.17) is 0 Å². The van der Waals surface area contributed by atoms with Crippen LogP contribution in [0.3, 0.4) is 0 Å². The summed E-state index contributed by atoms with van der Waals surface area (Å²) in [6, 6.07) is 3.29. The Morgan fingerprint density at radius 3 is 2.88 bits per heavy atom. The highest BCUT2D eigenvalue weighted by atomic mass is 32.1. The first kappa shape index (κ1) is 10.6. The number of aromatic amines is 1. The van der Waals surface area contributed by atoms with Gasteiger partial charge in [0.2, 0.25) is 0 Å². The fourth-order valence-corrected chi connectivity index (χ4v) is 1.98. The number of esters is 1. The Labute approximate surface area is 95.5 Å². The number of rotatable bonds is 2. The number of carbonyl (C=O) groups excluding carboxylic acids is 1. The quantitative estimate of drug-likeness (QED) is 0.808. The van der Waals surface area contributed by atoms with Gasteiger partial charge in [-0.05, 0) is 11.4 Å². The molecule has 0 fully saturated rings. The van der Waals surface area contributed by atoms with Crippen LogP contribution in [0.1, 0.15) is 10.4 Å². The van der Waals surface area contributed by atoms with Crippen LogP contribution in [0.2, 0.25) is 0 Å². The van der Waals surface area contributed by atoms with E-state index in [1.54, 1.807) is 11.3 Å². The minimum Gasteiger partial charge on any atom is -0.465 e. The molecule has 0 amide bonds. The summed E-state index contributed by atoms with van der Waals surface area (Å²) >= 11 is 1.54. The van der Waals surface area contributed by atoms with E-state index in [0.29, 0.717) is 5.69 Å². The largest absolute Gasteiger partial charge is 0.465 e. The summed E-state index contributed by atoms with van der Waals surface area (Å²) in [7, 11) is 1.24. The van der Waals surface area contributed by atoms with Gasteiger partial charge in [0.25, 0.3) is 0 Å². The summed E-state index contributed by atoms with van der Waals surface area (Å²) in [6.45, 7) is 0. The average Bonchev–Trinajstić information content (AvgIpc) is 2.81. The molecule has 16 heavy (non-hydrogen) atoms. The van der Waals surface area contributed by atoms with Gasteiger partial charge in [0.05, 0.1) is 12.8 Å². The van der Waals surface area contributed by atoms with E-state index >= 15 is 0 Å². The zero-order valence-corrected chi connectivity index (χ0v) is 9.34. The third kappa shape index (κ3) is 1.90. The molecule has 0 spiro atoms. The lowest BCUT2D eigenvalue weighted by atomic mass is 10.2. The normalized spacial score (nSPS) is 10.1. The SMILES string of the molecule is COC(=O)c1c[nH]c(-c2ccsc2)cc1=O. The zero-order valence-electron chi connectivity index (χ0n) is 8.52. The number of thiophene rings is 1. The lowest BCUT2D eigenvalue weighted by Crippen LogP contribution is -2.16. The summed E-state index contributed by atoms with van der Waals surface area (Å²) in [4.78, 5) is 25.7. The van der Waals surface area contributed by atoms with Crippen molar-refractivity contribution < 1.29 is 9.53 Å². The fraction of sp³-hybridized carbons (Fsp3) is 0.0909. The summed E-state index contributed by atoms with van der Waals surface area (Å²) in [5, 5.41) is 3.84. The minimum absolute atomic E-state index is 0.0153. The number of H-pyrrole nitrogens is 1. The number of hydrogen-bond donors (Lipinski definition) is 1. The Hall–Kier alpha value is -1.88. The molecule has 0 aliphatic rings. The van der Waals surface area contributed by atoms with Crippen LogP contribution in [0.4, 0.5) is 0 Å². The van der Waals surface area contributed by atoms with E-state index in [0.717, 1.165) is 5.56 Å². The number of aromatic nitrogens is 1. The van der Waals surface area contributed by atoms with E-state index in [1.165, 1.54) is 19.4 Å². The van der Waals surface area contributed by atoms with E-state index in [-0.39, 0.29) is 11.0 Å². The first-order valence-corrected chi connectivity index (χ1v) is 5.50. The van der Waals surface area contributed by atoms with Crippen molar-refractivity contribution in [1.82, 2.24) is 4.98 Å². The van der Waals surface area contributed by atoms with Gasteiger partial charge in [0, 0.05) is 23.2 Å². The Kier molecular flexibility index (Phi) is 2.87. The summed E-state index contributed by atoms with van der Waals surface area (Å²) in [5.41, 5.74) is 1.30. The molecule has 0 saturated carbocycles. The standard InChI is InChI=1S/C11H9NO3S/c1-15-11(14)8-5-12-9(4-10(8)13)7-2-3-16-6-7/h2-6H,1H3,(H,12,13). The van der Waals surface area contributed by atoms with Crippen LogP contribution in [0, 0.1) is 0 Å². The molecule has 82 valence electrons. The van der Waals surface area contributed by atoms with Gasteiger partial charge < -0.3 is 9.72 Å². The van der Waals surface area contributed by atoms with Crippen LogP contribution in [0.5, 0.6) is 0 Å².